The van der Waals surface area contributed by atoms with Gasteiger partial charge < -0.3 is 0 Å². The van der Waals surface area contributed by atoms with E-state index < -0.39 is 0 Å². The average Bonchev–Trinajstić information content (AvgIpc) is 3.69. The highest BCUT2D eigenvalue weighted by Gasteiger charge is 2.42. The lowest BCUT2D eigenvalue weighted by Gasteiger charge is -2.46. The predicted molar refractivity (Wildman–Crippen MR) is 410 cm³/mol. The molecule has 0 N–H and O–H groups in total. The number of unbranched alkanes of at least 4 members (excludes halogenated alkanes) is 60. The van der Waals surface area contributed by atoms with Crippen molar-refractivity contribution in [3.63, 3.8) is 0 Å². The maximum absolute atomic E-state index is 5.81. The molecule has 0 saturated heterocycles. The molecule has 0 aliphatic rings. The second kappa shape index (κ2) is 75.8. The van der Waals surface area contributed by atoms with Crippen molar-refractivity contribution in [2.24, 2.45) is 11.3 Å². The molecule has 2 radical (unpaired) electrons. The van der Waals surface area contributed by atoms with Gasteiger partial charge in [0.2, 0.25) is 0 Å². The molecule has 0 bridgehead atoms. The third-order valence-corrected chi connectivity index (χ3v) is 22.0. The summed E-state index contributed by atoms with van der Waals surface area (Å²) in [5, 5.41) is 1.63. The summed E-state index contributed by atoms with van der Waals surface area (Å²) < 4.78 is 0. The molecule has 0 saturated carbocycles. The molecular formula is C78H156S6. The first-order valence-corrected chi connectivity index (χ1v) is 42.6. The van der Waals surface area contributed by atoms with Crippen molar-refractivity contribution in [2.75, 3.05) is 23.0 Å². The summed E-state index contributed by atoms with van der Waals surface area (Å²) in [7, 11) is 0. The quantitative estimate of drug-likeness (QED) is 0.0254. The van der Waals surface area contributed by atoms with Gasteiger partial charge in [-0.2, -0.15) is 75.8 Å². The van der Waals surface area contributed by atoms with Crippen LogP contribution in [-0.2, 0) is 0 Å². The monoisotopic (exact) mass is 1290 g/mol. The number of hydrogen-bond donors (Lipinski definition) is 6. The number of hydrogen-bond acceptors (Lipinski definition) is 6. The highest BCUT2D eigenvalue weighted by atomic mass is 32.1. The fourth-order valence-electron chi connectivity index (χ4n) is 14.2. The standard InChI is InChI=1S/C78H156S6/c79-71-61-53-45-37-29-21-13-5-1-9-17-25-33-41-49-57-66-76(67-65-75-83)78(69-59-51-43-35-27-19-11-3-7-15-23-31-39-47-55-63-73-81,70-60-52-44-36-28-20-12-4-8-16-24-32-40-48-56-64-74-82)77(84)68-58-50-42-34-26-18-10-2-6-14-22-30-38-46-54-62-72-80/h75-76,79-84H,1-74H2. The number of thiol groups is 6. The van der Waals surface area contributed by atoms with Gasteiger partial charge in [0, 0.05) is 11.0 Å². The molecule has 0 aromatic carbocycles. The predicted octanol–water partition coefficient (Wildman–Crippen LogP) is 30.2. The SMILES string of the molecule is S[CH]CCC(CCCCCCCCCCCCCCCCCCS)C(CCCCCCCCCCCCCCCCCCS)(CCCCCCCCCCCCCCCCCCS)[C](S)CCCCCCCCCCCCCCCCCCS. The van der Waals surface area contributed by atoms with Crippen LogP contribution in [-0.4, -0.2) is 23.0 Å². The molecule has 0 heterocycles. The van der Waals surface area contributed by atoms with Crippen molar-refractivity contribution in [1.82, 2.24) is 0 Å². The Labute approximate surface area is 566 Å². The maximum Gasteiger partial charge on any atom is 0.0338 e. The lowest BCUT2D eigenvalue weighted by atomic mass is 9.62. The lowest BCUT2D eigenvalue weighted by molar-refractivity contribution is 0.125. The minimum absolute atomic E-state index is 0.289. The minimum atomic E-state index is 0.289. The van der Waals surface area contributed by atoms with Crippen molar-refractivity contribution in [3.8, 4) is 0 Å². The van der Waals surface area contributed by atoms with Crippen LogP contribution in [0.2, 0.25) is 0 Å². The van der Waals surface area contributed by atoms with Gasteiger partial charge >= 0.3 is 0 Å². The summed E-state index contributed by atoms with van der Waals surface area (Å²) >= 11 is 28.1. The van der Waals surface area contributed by atoms with E-state index in [4.69, 9.17) is 25.3 Å². The third kappa shape index (κ3) is 62.9. The third-order valence-electron chi connectivity index (χ3n) is 19.8. The molecule has 84 heavy (non-hydrogen) atoms. The van der Waals surface area contributed by atoms with Gasteiger partial charge in [-0.05, 0) is 98.6 Å². The molecule has 0 fully saturated rings. The van der Waals surface area contributed by atoms with Crippen molar-refractivity contribution >= 4 is 75.8 Å². The Morgan fingerprint density at radius 3 is 0.607 bits per heavy atom. The molecule has 0 aliphatic carbocycles. The topological polar surface area (TPSA) is 0 Å². The summed E-state index contributed by atoms with van der Waals surface area (Å²) in [6.07, 6.45) is 99.4. The zero-order chi connectivity index (χ0) is 60.7. The highest BCUT2D eigenvalue weighted by molar-refractivity contribution is 7.83. The molecule has 1 unspecified atom stereocenters. The largest absolute Gasteiger partial charge is 0.179 e. The Hall–Kier alpha value is 2.10. The lowest BCUT2D eigenvalue weighted by Crippen LogP contribution is -2.36. The average molecular weight is 1290 g/mol. The maximum atomic E-state index is 5.81. The first kappa shape index (κ1) is 86.1. The molecule has 6 heteroatoms. The minimum Gasteiger partial charge on any atom is -0.179 e. The molecule has 0 spiro atoms. The summed E-state index contributed by atoms with van der Waals surface area (Å²) in [5.41, 5.74) is 0.289. The molecule has 0 aliphatic heterocycles. The van der Waals surface area contributed by atoms with Crippen LogP contribution >= 0.6 is 75.8 Å². The van der Waals surface area contributed by atoms with Crippen LogP contribution in [0, 0.1) is 22.3 Å². The van der Waals surface area contributed by atoms with E-state index in [0.29, 0.717) is 0 Å². The number of rotatable bonds is 77. The summed E-state index contributed by atoms with van der Waals surface area (Å²) in [4.78, 5) is 0. The van der Waals surface area contributed by atoms with Crippen molar-refractivity contribution < 1.29 is 0 Å². The Bertz CT molecular complexity index is 1110. The molecule has 0 aromatic rings. The zero-order valence-electron chi connectivity index (χ0n) is 57.2. The van der Waals surface area contributed by atoms with Gasteiger partial charge in [-0.1, -0.05) is 385 Å². The molecule has 1 atom stereocenters. The van der Waals surface area contributed by atoms with Gasteiger partial charge in [-0.3, -0.25) is 0 Å². The second-order valence-electron chi connectivity index (χ2n) is 27.6. The van der Waals surface area contributed by atoms with Crippen molar-refractivity contribution in [2.45, 2.75) is 449 Å². The Kier molecular flexibility index (Phi) is 77.7. The summed E-state index contributed by atoms with van der Waals surface area (Å²) in [5.74, 6) is 7.19. The first-order chi connectivity index (χ1) is 41.6. The van der Waals surface area contributed by atoms with E-state index >= 15 is 0 Å². The van der Waals surface area contributed by atoms with Crippen LogP contribution < -0.4 is 0 Å². The van der Waals surface area contributed by atoms with Crippen LogP contribution in [0.1, 0.15) is 449 Å². The van der Waals surface area contributed by atoms with E-state index in [1.54, 1.807) is 5.25 Å². The van der Waals surface area contributed by atoms with Crippen molar-refractivity contribution in [1.29, 1.82) is 0 Å². The van der Waals surface area contributed by atoms with Gasteiger partial charge in [0.05, 0.1) is 0 Å². The van der Waals surface area contributed by atoms with Gasteiger partial charge in [-0.15, -0.1) is 0 Å². The second-order valence-corrected chi connectivity index (χ2v) is 30.3. The van der Waals surface area contributed by atoms with Crippen LogP contribution in [0.5, 0.6) is 0 Å². The van der Waals surface area contributed by atoms with E-state index in [-0.39, 0.29) is 5.41 Å². The molecule has 0 nitrogen and oxygen atoms in total. The fraction of sp³-hybridized carbons (Fsp3) is 0.974. The van der Waals surface area contributed by atoms with E-state index in [1.165, 1.54) is 443 Å². The van der Waals surface area contributed by atoms with Gasteiger partial charge in [0.1, 0.15) is 0 Å². The van der Waals surface area contributed by atoms with Gasteiger partial charge in [0.15, 0.2) is 0 Å². The van der Waals surface area contributed by atoms with Gasteiger partial charge in [-0.25, -0.2) is 0 Å². The van der Waals surface area contributed by atoms with Gasteiger partial charge in [0.25, 0.3) is 0 Å². The Balaban J connectivity index is 5.50. The summed E-state index contributed by atoms with van der Waals surface area (Å²) in [6.45, 7) is 0. The van der Waals surface area contributed by atoms with Crippen LogP contribution in [0.4, 0.5) is 0 Å². The van der Waals surface area contributed by atoms with E-state index in [1.807, 2.05) is 0 Å². The molecular weight excluding hydrogens is 1130 g/mol. The fourth-order valence-corrected chi connectivity index (χ4v) is 15.8. The van der Waals surface area contributed by atoms with Crippen LogP contribution in [0.15, 0.2) is 0 Å². The van der Waals surface area contributed by atoms with Crippen LogP contribution in [0.3, 0.4) is 0 Å². The first-order valence-electron chi connectivity index (χ1n) is 39.1. The molecule has 0 aromatic heterocycles. The smallest absolute Gasteiger partial charge is 0.0338 e. The van der Waals surface area contributed by atoms with E-state index in [2.05, 4.69) is 56.3 Å². The molecule has 0 amide bonds. The molecule has 504 valence electrons. The Morgan fingerprint density at radius 2 is 0.405 bits per heavy atom. The Morgan fingerprint density at radius 1 is 0.226 bits per heavy atom. The normalized spacial score (nSPS) is 12.5. The van der Waals surface area contributed by atoms with E-state index in [9.17, 15) is 0 Å². The highest BCUT2D eigenvalue weighted by Crippen LogP contribution is 2.54. The zero-order valence-corrected chi connectivity index (χ0v) is 62.5. The van der Waals surface area contributed by atoms with Crippen LogP contribution in [0.25, 0.3) is 0 Å². The van der Waals surface area contributed by atoms with E-state index in [0.717, 1.165) is 35.4 Å². The summed E-state index contributed by atoms with van der Waals surface area (Å²) in [6, 6.07) is 0. The van der Waals surface area contributed by atoms with Crippen molar-refractivity contribution in [3.05, 3.63) is 11.0 Å². The molecule has 0 rings (SSSR count).